The second-order valence-corrected chi connectivity index (χ2v) is 19.2. The van der Waals surface area contributed by atoms with E-state index in [0.29, 0.717) is 17.4 Å². The molecule has 2 atom stereocenters. The molecule has 0 spiro atoms. The number of phosphoric ester groups is 1. The molecular weight excluding hydrogens is 822 g/mol. The number of carbonyl (C=O) groups excluding carboxylic acids is 2. The second kappa shape index (κ2) is 45.4. The maximum atomic E-state index is 12.7. The van der Waals surface area contributed by atoms with Gasteiger partial charge in [-0.15, -0.1) is 0 Å². The molecule has 0 saturated carbocycles. The lowest BCUT2D eigenvalue weighted by molar-refractivity contribution is -0.870. The van der Waals surface area contributed by atoms with Gasteiger partial charge in [-0.05, 0) is 70.6 Å². The van der Waals surface area contributed by atoms with Crippen LogP contribution in [-0.2, 0) is 32.7 Å². The fraction of sp³-hybridized carbons (Fsp3) is 0.704. The predicted molar refractivity (Wildman–Crippen MR) is 268 cm³/mol. The summed E-state index contributed by atoms with van der Waals surface area (Å²) in [6.45, 7) is 4.08. The van der Waals surface area contributed by atoms with E-state index in [1.165, 1.54) is 64.2 Å². The molecule has 64 heavy (non-hydrogen) atoms. The number of allylic oxidation sites excluding steroid dienone is 14. The first-order valence-electron chi connectivity index (χ1n) is 25.3. The third kappa shape index (κ3) is 48.6. The molecule has 2 unspecified atom stereocenters. The Morgan fingerprint density at radius 2 is 0.891 bits per heavy atom. The van der Waals surface area contributed by atoms with Crippen LogP contribution < -0.4 is 4.89 Å². The average molecular weight is 916 g/mol. The van der Waals surface area contributed by atoms with E-state index in [4.69, 9.17) is 18.5 Å². The molecule has 0 aromatic carbocycles. The van der Waals surface area contributed by atoms with Gasteiger partial charge in [-0.25, -0.2) is 0 Å². The number of hydrogen-bond donors (Lipinski definition) is 0. The number of hydrogen-bond acceptors (Lipinski definition) is 8. The van der Waals surface area contributed by atoms with E-state index in [0.717, 1.165) is 96.3 Å². The molecule has 0 saturated heterocycles. The quantitative estimate of drug-likeness (QED) is 0.0195. The van der Waals surface area contributed by atoms with Gasteiger partial charge in [0, 0.05) is 12.8 Å². The summed E-state index contributed by atoms with van der Waals surface area (Å²) in [5.41, 5.74) is 0. The van der Waals surface area contributed by atoms with E-state index < -0.39 is 32.5 Å². The minimum absolute atomic E-state index is 0.0382. The molecule has 0 aliphatic heterocycles. The van der Waals surface area contributed by atoms with E-state index in [9.17, 15) is 19.0 Å². The van der Waals surface area contributed by atoms with E-state index in [2.05, 4.69) is 98.9 Å². The van der Waals surface area contributed by atoms with Gasteiger partial charge in [0.05, 0.1) is 27.7 Å². The molecule has 0 heterocycles. The maximum Gasteiger partial charge on any atom is 0.306 e. The largest absolute Gasteiger partial charge is 0.756 e. The zero-order chi connectivity index (χ0) is 47.1. The van der Waals surface area contributed by atoms with Gasteiger partial charge >= 0.3 is 11.9 Å². The normalized spacial score (nSPS) is 14.2. The first-order chi connectivity index (χ1) is 31.0. The van der Waals surface area contributed by atoms with Crippen LogP contribution in [0.1, 0.15) is 194 Å². The number of rotatable bonds is 45. The molecule has 0 aliphatic carbocycles. The summed E-state index contributed by atoms with van der Waals surface area (Å²) in [5.74, 6) is -0.859. The Hall–Kier alpha value is -2.81. The molecule has 9 nitrogen and oxygen atoms in total. The number of carbonyl (C=O) groups is 2. The van der Waals surface area contributed by atoms with Crippen molar-refractivity contribution in [2.24, 2.45) is 0 Å². The second-order valence-electron chi connectivity index (χ2n) is 17.8. The lowest BCUT2D eigenvalue weighted by atomic mass is 10.0. The van der Waals surface area contributed by atoms with Crippen LogP contribution in [0.4, 0.5) is 0 Å². The Morgan fingerprint density at radius 1 is 0.500 bits per heavy atom. The van der Waals surface area contributed by atoms with Crippen molar-refractivity contribution in [2.75, 3.05) is 47.5 Å². The molecule has 0 fully saturated rings. The van der Waals surface area contributed by atoms with Crippen molar-refractivity contribution < 1.29 is 42.1 Å². The number of likely N-dealkylation sites (N-methyl/N-ethyl adjacent to an activating group) is 1. The monoisotopic (exact) mass is 916 g/mol. The third-order valence-corrected chi connectivity index (χ3v) is 11.4. The molecule has 0 rings (SSSR count). The maximum absolute atomic E-state index is 12.7. The highest BCUT2D eigenvalue weighted by molar-refractivity contribution is 7.45. The van der Waals surface area contributed by atoms with Gasteiger partial charge in [-0.2, -0.15) is 0 Å². The Labute approximate surface area is 392 Å². The summed E-state index contributed by atoms with van der Waals surface area (Å²) in [5, 5.41) is 0. The van der Waals surface area contributed by atoms with Crippen LogP contribution >= 0.6 is 7.82 Å². The molecule has 0 radical (unpaired) electrons. The highest BCUT2D eigenvalue weighted by Crippen LogP contribution is 2.38. The zero-order valence-corrected chi connectivity index (χ0v) is 42.3. The number of unbranched alkanes of at least 4 members (excludes halogenated alkanes) is 17. The van der Waals surface area contributed by atoms with Crippen molar-refractivity contribution in [2.45, 2.75) is 200 Å². The van der Waals surface area contributed by atoms with Crippen LogP contribution in [0.25, 0.3) is 0 Å². The van der Waals surface area contributed by atoms with E-state index in [1.807, 2.05) is 21.1 Å². The highest BCUT2D eigenvalue weighted by Gasteiger charge is 2.21. The number of phosphoric acid groups is 1. The standard InChI is InChI=1S/C54H94NO8P/c1-6-8-10-12-14-16-18-20-21-22-23-24-25-26-27-28-29-30-31-32-33-35-37-39-41-43-45-47-54(57)63-52(51-62-64(58,59)61-49-48-55(3,4)5)50-60-53(56)46-44-42-40-38-36-34-19-17-15-13-11-9-7-2/h8,10,14,16,20-21,23-24,26-27,29-30,32-33,52H,6-7,9,11-13,15,17-19,22,25,28,31,34-51H2,1-5H3/b10-8-,16-14-,21-20-,24-23-,27-26-,30-29-,33-32-. The molecule has 0 aromatic heterocycles. The number of ether oxygens (including phenoxy) is 2. The zero-order valence-electron chi connectivity index (χ0n) is 41.4. The number of nitrogens with zero attached hydrogens (tertiary/aromatic N) is 1. The van der Waals surface area contributed by atoms with Crippen molar-refractivity contribution in [3.05, 3.63) is 85.1 Å². The van der Waals surface area contributed by atoms with E-state index in [-0.39, 0.29) is 26.1 Å². The number of quaternary nitrogens is 1. The molecular formula is C54H94NO8P. The molecule has 368 valence electrons. The lowest BCUT2D eigenvalue weighted by Gasteiger charge is -2.28. The van der Waals surface area contributed by atoms with E-state index in [1.54, 1.807) is 0 Å². The Bertz CT molecular complexity index is 1360. The summed E-state index contributed by atoms with van der Waals surface area (Å²) in [6.07, 6.45) is 59.0. The topological polar surface area (TPSA) is 111 Å². The molecule has 0 aliphatic rings. The van der Waals surface area contributed by atoms with Crippen LogP contribution in [0.15, 0.2) is 85.1 Å². The van der Waals surface area contributed by atoms with Crippen molar-refractivity contribution in [3.63, 3.8) is 0 Å². The molecule has 10 heteroatoms. The Balaban J connectivity index is 4.30. The van der Waals surface area contributed by atoms with Gasteiger partial charge in [0.2, 0.25) is 0 Å². The average Bonchev–Trinajstić information content (AvgIpc) is 3.25. The van der Waals surface area contributed by atoms with Crippen LogP contribution in [0.3, 0.4) is 0 Å². The van der Waals surface area contributed by atoms with E-state index >= 15 is 0 Å². The van der Waals surface area contributed by atoms with Crippen molar-refractivity contribution in [1.82, 2.24) is 0 Å². The minimum atomic E-state index is -4.64. The van der Waals surface area contributed by atoms with Gasteiger partial charge in [-0.3, -0.25) is 14.2 Å². The van der Waals surface area contributed by atoms with Crippen LogP contribution in [-0.4, -0.2) is 70.0 Å². The SMILES string of the molecule is CC/C=C\C/C=C\C/C=C\C/C=C\C/C=C\C/C=C\C/C=C\CCCCCCCC(=O)OC(COC(=O)CCCCCCCCCCCCCCC)COP(=O)([O-])OCC[N+](C)(C)C. The van der Waals surface area contributed by atoms with Crippen LogP contribution in [0.2, 0.25) is 0 Å². The molecule has 0 amide bonds. The van der Waals surface area contributed by atoms with Crippen LogP contribution in [0.5, 0.6) is 0 Å². The molecule has 0 bridgehead atoms. The summed E-state index contributed by atoms with van der Waals surface area (Å²) < 4.78 is 34.0. The summed E-state index contributed by atoms with van der Waals surface area (Å²) in [6, 6.07) is 0. The van der Waals surface area contributed by atoms with Crippen molar-refractivity contribution in [1.29, 1.82) is 0 Å². The van der Waals surface area contributed by atoms with Gasteiger partial charge in [0.25, 0.3) is 7.82 Å². The van der Waals surface area contributed by atoms with Gasteiger partial charge in [-0.1, -0.05) is 195 Å². The summed E-state index contributed by atoms with van der Waals surface area (Å²) in [4.78, 5) is 37.7. The fourth-order valence-electron chi connectivity index (χ4n) is 6.52. The fourth-order valence-corrected chi connectivity index (χ4v) is 7.25. The third-order valence-electron chi connectivity index (χ3n) is 10.4. The predicted octanol–water partition coefficient (Wildman–Crippen LogP) is 14.5. The van der Waals surface area contributed by atoms with Gasteiger partial charge < -0.3 is 27.9 Å². The first-order valence-corrected chi connectivity index (χ1v) is 26.8. The number of esters is 2. The first kappa shape index (κ1) is 61.2. The highest BCUT2D eigenvalue weighted by atomic mass is 31.2. The van der Waals surface area contributed by atoms with Gasteiger partial charge in [0.15, 0.2) is 6.10 Å². The van der Waals surface area contributed by atoms with Crippen LogP contribution in [0, 0.1) is 0 Å². The van der Waals surface area contributed by atoms with Crippen molar-refractivity contribution in [3.8, 4) is 0 Å². The lowest BCUT2D eigenvalue weighted by Crippen LogP contribution is -2.37. The molecule has 0 aromatic rings. The minimum Gasteiger partial charge on any atom is -0.756 e. The Morgan fingerprint density at radius 3 is 1.33 bits per heavy atom. The Kier molecular flexibility index (Phi) is 43.4. The summed E-state index contributed by atoms with van der Waals surface area (Å²) in [7, 11) is 1.14. The summed E-state index contributed by atoms with van der Waals surface area (Å²) >= 11 is 0. The molecule has 0 N–H and O–H groups in total. The van der Waals surface area contributed by atoms with Crippen molar-refractivity contribution >= 4 is 19.8 Å². The van der Waals surface area contributed by atoms with Gasteiger partial charge in [0.1, 0.15) is 19.8 Å². The smallest absolute Gasteiger partial charge is 0.306 e.